The van der Waals surface area contributed by atoms with Gasteiger partial charge in [-0.1, -0.05) is 18.2 Å². The number of aliphatic hydroxyl groups is 1. The molecule has 4 aromatic rings. The number of amides is 2. The summed E-state index contributed by atoms with van der Waals surface area (Å²) >= 11 is 0. The molecule has 36 heavy (non-hydrogen) atoms. The summed E-state index contributed by atoms with van der Waals surface area (Å²) in [6, 6.07) is 13.8. The van der Waals surface area contributed by atoms with Crippen molar-refractivity contribution in [2.75, 3.05) is 20.2 Å². The van der Waals surface area contributed by atoms with Gasteiger partial charge < -0.3 is 34.3 Å². The summed E-state index contributed by atoms with van der Waals surface area (Å²) in [5.74, 6) is 1.02. The monoisotopic (exact) mass is 491 g/mol. The van der Waals surface area contributed by atoms with Crippen LogP contribution in [0.2, 0.25) is 0 Å². The molecule has 1 aliphatic heterocycles. The minimum atomic E-state index is -0.984. The third-order valence-electron chi connectivity index (χ3n) is 6.84. The number of hydrogen-bond acceptors (Lipinski definition) is 6. The molecule has 5 rings (SSSR count). The maximum absolute atomic E-state index is 13.4. The Hall–Kier alpha value is -4.05. The van der Waals surface area contributed by atoms with Crippen LogP contribution in [0.5, 0.6) is 5.75 Å². The first-order valence-corrected chi connectivity index (χ1v) is 11.9. The van der Waals surface area contributed by atoms with E-state index in [2.05, 4.69) is 29.7 Å². The number of fused-ring (bicyclic) bond motifs is 2. The summed E-state index contributed by atoms with van der Waals surface area (Å²) in [6.45, 7) is 3.25. The molecule has 2 aromatic heterocycles. The number of methoxy groups -OCH3 is 1. The predicted molar refractivity (Wildman–Crippen MR) is 135 cm³/mol. The van der Waals surface area contributed by atoms with Crippen LogP contribution < -0.4 is 10.5 Å². The molecule has 3 heterocycles. The van der Waals surface area contributed by atoms with Crippen molar-refractivity contribution < 1.29 is 24.2 Å². The lowest BCUT2D eigenvalue weighted by Crippen LogP contribution is -2.51. The number of aryl methyl sites for hydroxylation is 2. The van der Waals surface area contributed by atoms with Crippen molar-refractivity contribution in [3.05, 3.63) is 48.0 Å². The summed E-state index contributed by atoms with van der Waals surface area (Å²) in [5, 5.41) is 11.3. The Morgan fingerprint density at radius 1 is 1.22 bits per heavy atom. The molecule has 2 aromatic carbocycles. The number of aromatic nitrogens is 3. The van der Waals surface area contributed by atoms with Gasteiger partial charge in [-0.15, -0.1) is 0 Å². The van der Waals surface area contributed by atoms with E-state index in [1.165, 1.54) is 0 Å². The third kappa shape index (κ3) is 3.93. The van der Waals surface area contributed by atoms with E-state index < -0.39 is 18.3 Å². The molecule has 0 aliphatic carbocycles. The van der Waals surface area contributed by atoms with Crippen molar-refractivity contribution in [3.63, 3.8) is 0 Å². The predicted octanol–water partition coefficient (Wildman–Crippen LogP) is 2.89. The van der Waals surface area contributed by atoms with E-state index in [4.69, 9.17) is 20.2 Å². The first kappa shape index (κ1) is 23.7. The van der Waals surface area contributed by atoms with Crippen LogP contribution in [0.25, 0.3) is 33.5 Å². The number of nitrogens with zero attached hydrogens (tertiary/aromatic N) is 4. The molecule has 2 amide bonds. The van der Waals surface area contributed by atoms with Crippen LogP contribution in [0.1, 0.15) is 23.7 Å². The molecule has 0 saturated carbocycles. The molecule has 1 fully saturated rings. The number of piperidine rings is 1. The Kier molecular flexibility index (Phi) is 6.05. The maximum Gasteiger partial charge on any atom is 0.404 e. The van der Waals surface area contributed by atoms with E-state index >= 15 is 0 Å². The normalized spacial score (nSPS) is 18.1. The highest BCUT2D eigenvalue weighted by atomic mass is 16.6. The van der Waals surface area contributed by atoms with Crippen molar-refractivity contribution in [1.82, 2.24) is 19.0 Å². The maximum atomic E-state index is 13.4. The van der Waals surface area contributed by atoms with Gasteiger partial charge in [-0.3, -0.25) is 4.79 Å². The van der Waals surface area contributed by atoms with Crippen molar-refractivity contribution in [3.8, 4) is 17.3 Å². The fraction of sp³-hybridized carbons (Fsp3) is 0.346. The quantitative estimate of drug-likeness (QED) is 0.442. The van der Waals surface area contributed by atoms with Gasteiger partial charge >= 0.3 is 6.09 Å². The molecule has 1 saturated heterocycles. The van der Waals surface area contributed by atoms with Gasteiger partial charge in [0.05, 0.1) is 31.0 Å². The standard InChI is InChI=1S/C26H29N5O5/c1-4-31-18-8-6-5-7-15(18)12-19(31)24-28-17-11-16(13-21(35-3)23(17)29(24)2)25(33)30-10-9-20(32)22(14-30)36-26(27)34/h5-8,11-13,20,22,32H,4,9-10,14H2,1-3H3,(H2,27,34)/t20-,22+/m1/s1. The average molecular weight is 492 g/mol. The summed E-state index contributed by atoms with van der Waals surface area (Å²) < 4.78 is 14.9. The fourth-order valence-electron chi connectivity index (χ4n) is 5.09. The zero-order chi connectivity index (χ0) is 25.6. The van der Waals surface area contributed by atoms with Gasteiger partial charge in [0.25, 0.3) is 5.91 Å². The lowest BCUT2D eigenvalue weighted by molar-refractivity contribution is -0.0383. The molecule has 1 aliphatic rings. The molecular formula is C26H29N5O5. The fourth-order valence-corrected chi connectivity index (χ4v) is 5.09. The first-order chi connectivity index (χ1) is 17.3. The number of likely N-dealkylation sites (tertiary alicyclic amines) is 1. The smallest absolute Gasteiger partial charge is 0.404 e. The average Bonchev–Trinajstić information content (AvgIpc) is 3.41. The highest BCUT2D eigenvalue weighted by Crippen LogP contribution is 2.34. The van der Waals surface area contributed by atoms with Crippen LogP contribution in [-0.4, -0.2) is 68.5 Å². The zero-order valence-electron chi connectivity index (χ0n) is 20.5. The minimum absolute atomic E-state index is 0.0490. The highest BCUT2D eigenvalue weighted by molar-refractivity contribution is 6.00. The van der Waals surface area contributed by atoms with Crippen molar-refractivity contribution in [1.29, 1.82) is 0 Å². The number of para-hydroxylation sites is 1. The lowest BCUT2D eigenvalue weighted by Gasteiger charge is -2.35. The van der Waals surface area contributed by atoms with Gasteiger partial charge in [0.2, 0.25) is 0 Å². The molecule has 0 spiro atoms. The van der Waals surface area contributed by atoms with E-state index in [9.17, 15) is 14.7 Å². The number of nitrogens with two attached hydrogens (primary N) is 1. The lowest BCUT2D eigenvalue weighted by atomic mass is 10.0. The molecular weight excluding hydrogens is 462 g/mol. The number of rotatable bonds is 5. The molecule has 0 radical (unpaired) electrons. The van der Waals surface area contributed by atoms with Crippen LogP contribution in [0, 0.1) is 0 Å². The Morgan fingerprint density at radius 3 is 2.72 bits per heavy atom. The van der Waals surface area contributed by atoms with Gasteiger partial charge in [-0.25, -0.2) is 9.78 Å². The molecule has 0 bridgehead atoms. The van der Waals surface area contributed by atoms with Crippen LogP contribution in [0.15, 0.2) is 42.5 Å². The van der Waals surface area contributed by atoms with Gasteiger partial charge in [-0.05, 0) is 37.6 Å². The molecule has 0 unspecified atom stereocenters. The van der Waals surface area contributed by atoms with Crippen LogP contribution in [-0.2, 0) is 18.3 Å². The summed E-state index contributed by atoms with van der Waals surface area (Å²) in [5.41, 5.74) is 9.03. The summed E-state index contributed by atoms with van der Waals surface area (Å²) in [4.78, 5) is 31.1. The van der Waals surface area contributed by atoms with E-state index in [1.807, 2.05) is 23.7 Å². The molecule has 3 N–H and O–H groups in total. The number of benzene rings is 2. The number of aliphatic hydroxyl groups excluding tert-OH is 1. The molecule has 2 atom stereocenters. The van der Waals surface area contributed by atoms with E-state index in [-0.39, 0.29) is 18.9 Å². The zero-order valence-corrected chi connectivity index (χ0v) is 20.5. The Morgan fingerprint density at radius 2 is 2.00 bits per heavy atom. The Bertz CT molecular complexity index is 1470. The molecule has 188 valence electrons. The number of primary amides is 1. The Balaban J connectivity index is 1.56. The number of hydrogen-bond donors (Lipinski definition) is 2. The van der Waals surface area contributed by atoms with E-state index in [0.717, 1.165) is 34.5 Å². The number of carbonyl (C=O) groups excluding carboxylic acids is 2. The SMILES string of the molecule is CCn1c(-c2nc3cc(C(=O)N4CC[C@@H](O)[C@@H](OC(N)=O)C4)cc(OC)c3n2C)cc2ccccc21. The van der Waals surface area contributed by atoms with Gasteiger partial charge in [-0.2, -0.15) is 0 Å². The number of ether oxygens (including phenoxy) is 2. The van der Waals surface area contributed by atoms with Gasteiger partial charge in [0.1, 0.15) is 17.4 Å². The van der Waals surface area contributed by atoms with Crippen molar-refractivity contribution in [2.24, 2.45) is 12.8 Å². The van der Waals surface area contributed by atoms with Gasteiger partial charge in [0, 0.05) is 36.6 Å². The van der Waals surface area contributed by atoms with Crippen LogP contribution in [0.3, 0.4) is 0 Å². The topological polar surface area (TPSA) is 125 Å². The van der Waals surface area contributed by atoms with Crippen molar-refractivity contribution in [2.45, 2.75) is 32.1 Å². The highest BCUT2D eigenvalue weighted by Gasteiger charge is 2.33. The molecule has 10 nitrogen and oxygen atoms in total. The van der Waals surface area contributed by atoms with Crippen molar-refractivity contribution >= 4 is 33.9 Å². The van der Waals surface area contributed by atoms with E-state index in [1.54, 1.807) is 24.1 Å². The summed E-state index contributed by atoms with van der Waals surface area (Å²) in [7, 11) is 3.50. The second-order valence-corrected chi connectivity index (χ2v) is 8.96. The van der Waals surface area contributed by atoms with E-state index in [0.29, 0.717) is 23.4 Å². The Labute approximate surface area is 207 Å². The minimum Gasteiger partial charge on any atom is -0.494 e. The van der Waals surface area contributed by atoms with Gasteiger partial charge in [0.15, 0.2) is 5.82 Å². The second-order valence-electron chi connectivity index (χ2n) is 8.96. The number of imidazole rings is 1. The summed E-state index contributed by atoms with van der Waals surface area (Å²) in [6.07, 6.45) is -2.45. The number of carbonyl (C=O) groups is 2. The third-order valence-corrected chi connectivity index (χ3v) is 6.84. The second kappa shape index (κ2) is 9.19. The largest absolute Gasteiger partial charge is 0.494 e. The van der Waals surface area contributed by atoms with Crippen LogP contribution >= 0.6 is 0 Å². The van der Waals surface area contributed by atoms with Crippen LogP contribution in [0.4, 0.5) is 4.79 Å². The molecule has 10 heteroatoms. The first-order valence-electron chi connectivity index (χ1n) is 11.9.